The summed E-state index contributed by atoms with van der Waals surface area (Å²) < 4.78 is 41.3. The second-order valence-corrected chi connectivity index (χ2v) is 7.51. The van der Waals surface area contributed by atoms with Crippen molar-refractivity contribution >= 4 is 33.8 Å². The Balaban J connectivity index is 1.75. The summed E-state index contributed by atoms with van der Waals surface area (Å²) in [6.45, 7) is 0. The van der Waals surface area contributed by atoms with Crippen LogP contribution in [0, 0.1) is 0 Å². The predicted octanol–water partition coefficient (Wildman–Crippen LogP) is 5.33. The number of aromatic nitrogens is 1. The first-order chi connectivity index (χ1) is 13.3. The summed E-state index contributed by atoms with van der Waals surface area (Å²) in [6.07, 6.45) is -5.64. The molecule has 1 aliphatic rings. The number of hydrogen-bond acceptors (Lipinski definition) is 5. The number of alkyl halides is 3. The van der Waals surface area contributed by atoms with Gasteiger partial charge in [0.05, 0.1) is 17.8 Å². The molecular weight excluding hydrogens is 411 g/mol. The van der Waals surface area contributed by atoms with Crippen LogP contribution in [-0.4, -0.2) is 27.7 Å². The quantitative estimate of drug-likeness (QED) is 0.619. The lowest BCUT2D eigenvalue weighted by Gasteiger charge is -2.32. The van der Waals surface area contributed by atoms with Gasteiger partial charge in [-0.15, -0.1) is 11.3 Å². The van der Waals surface area contributed by atoms with Crippen LogP contribution in [0.3, 0.4) is 0 Å². The minimum Gasteiger partial charge on any atom is -0.362 e. The normalized spacial score (nSPS) is 19.8. The minimum atomic E-state index is -4.93. The maximum atomic E-state index is 13.8. The highest BCUT2D eigenvalue weighted by Gasteiger charge is 2.62. The number of aliphatic hydroxyl groups is 1. The molecule has 0 bridgehead atoms. The van der Waals surface area contributed by atoms with Crippen LogP contribution in [0.5, 0.6) is 0 Å². The topological polar surface area (TPSA) is 48.7 Å². The molecule has 3 aromatic rings. The highest BCUT2D eigenvalue weighted by Crippen LogP contribution is 2.45. The van der Waals surface area contributed by atoms with Crippen molar-refractivity contribution in [2.24, 2.45) is 5.10 Å². The van der Waals surface area contributed by atoms with Gasteiger partial charge in [0.25, 0.3) is 5.72 Å². The molecule has 28 heavy (non-hydrogen) atoms. The van der Waals surface area contributed by atoms with Gasteiger partial charge in [-0.25, -0.2) is 4.98 Å². The molecule has 1 atom stereocenters. The van der Waals surface area contributed by atoms with Crippen molar-refractivity contribution in [2.45, 2.75) is 18.3 Å². The van der Waals surface area contributed by atoms with E-state index < -0.39 is 18.3 Å². The Morgan fingerprint density at radius 1 is 1.04 bits per heavy atom. The second-order valence-electron chi connectivity index (χ2n) is 6.24. The smallest absolute Gasteiger partial charge is 0.362 e. The highest BCUT2D eigenvalue weighted by molar-refractivity contribution is 7.14. The lowest BCUT2D eigenvalue weighted by Crippen LogP contribution is -2.55. The van der Waals surface area contributed by atoms with Crippen LogP contribution in [0.25, 0.3) is 11.3 Å². The van der Waals surface area contributed by atoms with Crippen LogP contribution in [0.15, 0.2) is 65.1 Å². The average Bonchev–Trinajstić information content (AvgIpc) is 3.28. The van der Waals surface area contributed by atoms with Crippen molar-refractivity contribution in [3.63, 3.8) is 0 Å². The third kappa shape index (κ3) is 3.28. The van der Waals surface area contributed by atoms with Crippen LogP contribution in [-0.2, 0) is 0 Å². The number of hydrogen-bond donors (Lipinski definition) is 1. The van der Waals surface area contributed by atoms with Gasteiger partial charge >= 0.3 is 6.18 Å². The second kappa shape index (κ2) is 6.88. The highest BCUT2D eigenvalue weighted by atomic mass is 35.5. The summed E-state index contributed by atoms with van der Waals surface area (Å²) in [5, 5.41) is 17.2. The van der Waals surface area contributed by atoms with E-state index in [0.717, 1.165) is 16.9 Å². The van der Waals surface area contributed by atoms with E-state index in [1.807, 2.05) is 18.2 Å². The Labute approximate surface area is 167 Å². The van der Waals surface area contributed by atoms with E-state index in [-0.39, 0.29) is 10.8 Å². The zero-order valence-electron chi connectivity index (χ0n) is 14.2. The first-order valence-corrected chi connectivity index (χ1v) is 9.47. The van der Waals surface area contributed by atoms with E-state index in [2.05, 4.69) is 10.1 Å². The van der Waals surface area contributed by atoms with Gasteiger partial charge in [0.1, 0.15) is 0 Å². The Morgan fingerprint density at radius 3 is 2.36 bits per heavy atom. The van der Waals surface area contributed by atoms with Crippen molar-refractivity contribution in [3.05, 3.63) is 70.6 Å². The monoisotopic (exact) mass is 423 g/mol. The van der Waals surface area contributed by atoms with E-state index in [1.54, 1.807) is 41.8 Å². The van der Waals surface area contributed by atoms with E-state index in [9.17, 15) is 18.3 Å². The largest absolute Gasteiger partial charge is 0.438 e. The Kier molecular flexibility index (Phi) is 4.65. The molecule has 0 fully saturated rings. The summed E-state index contributed by atoms with van der Waals surface area (Å²) in [6, 6.07) is 15.3. The molecule has 0 radical (unpaired) electrons. The van der Waals surface area contributed by atoms with Gasteiger partial charge in [-0.3, -0.25) is 0 Å². The van der Waals surface area contributed by atoms with Gasteiger partial charge in [-0.2, -0.15) is 23.3 Å². The van der Waals surface area contributed by atoms with Gasteiger partial charge in [0, 0.05) is 16.0 Å². The van der Waals surface area contributed by atoms with Crippen LogP contribution < -0.4 is 5.01 Å². The third-order valence-corrected chi connectivity index (χ3v) is 5.43. The fourth-order valence-electron chi connectivity index (χ4n) is 2.87. The number of halogens is 4. The lowest BCUT2D eigenvalue weighted by atomic mass is 10.0. The molecule has 0 amide bonds. The maximum absolute atomic E-state index is 13.8. The third-order valence-electron chi connectivity index (χ3n) is 4.36. The Bertz CT molecular complexity index is 1020. The summed E-state index contributed by atoms with van der Waals surface area (Å²) in [4.78, 5) is 4.27. The van der Waals surface area contributed by atoms with E-state index in [4.69, 9.17) is 11.6 Å². The van der Waals surface area contributed by atoms with Crippen LogP contribution in [0.1, 0.15) is 12.0 Å². The van der Waals surface area contributed by atoms with Gasteiger partial charge < -0.3 is 5.11 Å². The van der Waals surface area contributed by atoms with Crippen LogP contribution >= 0.6 is 22.9 Å². The fourth-order valence-corrected chi connectivity index (χ4v) is 3.85. The Hall–Kier alpha value is -2.42. The van der Waals surface area contributed by atoms with Crippen LogP contribution in [0.2, 0.25) is 5.02 Å². The fraction of sp³-hybridized carbons (Fsp3) is 0.158. The SMILES string of the molecule is O[C@]1(C(F)(F)F)CC(c2ccc(Cl)cc2)=NN1c1nc(-c2ccccc2)cs1. The van der Waals surface area contributed by atoms with Gasteiger partial charge in [-0.1, -0.05) is 54.1 Å². The maximum Gasteiger partial charge on any atom is 0.438 e. The molecule has 1 aromatic heterocycles. The van der Waals surface area contributed by atoms with Gasteiger partial charge in [0.2, 0.25) is 5.13 Å². The molecule has 2 aromatic carbocycles. The molecule has 9 heteroatoms. The molecule has 1 N–H and O–H groups in total. The minimum absolute atomic E-state index is 0.0392. The van der Waals surface area contributed by atoms with Crippen molar-refractivity contribution in [2.75, 3.05) is 5.01 Å². The number of nitrogens with zero attached hydrogens (tertiary/aromatic N) is 3. The summed E-state index contributed by atoms with van der Waals surface area (Å²) in [5.74, 6) is 0. The van der Waals surface area contributed by atoms with E-state index in [1.165, 1.54) is 0 Å². The first-order valence-electron chi connectivity index (χ1n) is 8.22. The zero-order chi connectivity index (χ0) is 19.9. The van der Waals surface area contributed by atoms with Crippen molar-refractivity contribution in [1.29, 1.82) is 0 Å². The molecule has 0 saturated carbocycles. The molecule has 2 heterocycles. The van der Waals surface area contributed by atoms with Crippen LogP contribution in [0.4, 0.5) is 18.3 Å². The molecule has 0 unspecified atom stereocenters. The number of benzene rings is 2. The molecule has 4 nitrogen and oxygen atoms in total. The Morgan fingerprint density at radius 2 is 1.71 bits per heavy atom. The lowest BCUT2D eigenvalue weighted by molar-refractivity contribution is -0.254. The number of thiazole rings is 1. The number of anilines is 1. The zero-order valence-corrected chi connectivity index (χ0v) is 15.8. The standard InChI is InChI=1S/C19H13ClF3N3OS/c20-14-8-6-13(7-9-14)15-10-18(27,19(21,22)23)26(25-15)17-24-16(11-28-17)12-4-2-1-3-5-12/h1-9,11,27H,10H2/t18-/m0/s1. The number of hydrazone groups is 1. The number of rotatable bonds is 3. The predicted molar refractivity (Wildman–Crippen MR) is 104 cm³/mol. The molecule has 1 aliphatic heterocycles. The molecule has 0 aliphatic carbocycles. The molecule has 144 valence electrons. The summed E-state index contributed by atoms with van der Waals surface area (Å²) >= 11 is 6.83. The van der Waals surface area contributed by atoms with E-state index in [0.29, 0.717) is 21.3 Å². The summed E-state index contributed by atoms with van der Waals surface area (Å²) in [7, 11) is 0. The van der Waals surface area contributed by atoms with Crippen molar-refractivity contribution < 1.29 is 18.3 Å². The molecule has 0 saturated heterocycles. The van der Waals surface area contributed by atoms with Gasteiger partial charge in [0.15, 0.2) is 0 Å². The van der Waals surface area contributed by atoms with Crippen molar-refractivity contribution in [3.8, 4) is 11.3 Å². The first kappa shape index (κ1) is 18.9. The summed E-state index contributed by atoms with van der Waals surface area (Å²) in [5.41, 5.74) is -1.34. The molecule has 0 spiro atoms. The van der Waals surface area contributed by atoms with Gasteiger partial charge in [-0.05, 0) is 17.7 Å². The van der Waals surface area contributed by atoms with Crippen molar-refractivity contribution in [1.82, 2.24) is 4.98 Å². The van der Waals surface area contributed by atoms with E-state index >= 15 is 0 Å². The molecule has 4 rings (SSSR count). The molecular formula is C19H13ClF3N3OS. The average molecular weight is 424 g/mol.